The monoisotopic (exact) mass is 524 g/mol. The number of alkyl halides is 1. The smallest absolute Gasteiger partial charge is 0.203 e. The lowest BCUT2D eigenvalue weighted by molar-refractivity contribution is 0.324. The fourth-order valence-electron chi connectivity index (χ4n) is 4.48. The van der Waals surface area contributed by atoms with E-state index in [1.165, 1.54) is 11.3 Å². The molecule has 10 heteroatoms. The van der Waals surface area contributed by atoms with E-state index in [4.69, 9.17) is 30.8 Å². The van der Waals surface area contributed by atoms with Crippen molar-refractivity contribution in [3.63, 3.8) is 0 Å². The molecule has 2 heterocycles. The maximum Gasteiger partial charge on any atom is 0.203 e. The second-order valence-corrected chi connectivity index (χ2v) is 12.5. The quantitative estimate of drug-likeness (QED) is 0.485. The van der Waals surface area contributed by atoms with Crippen LogP contribution in [0.3, 0.4) is 0 Å². The molecule has 0 amide bonds. The molecule has 1 aliphatic heterocycles. The number of ether oxygens (including phenoxy) is 3. The molecule has 2 unspecified atom stereocenters. The van der Waals surface area contributed by atoms with Gasteiger partial charge in [-0.1, -0.05) is 24.3 Å². The molecule has 0 N–H and O–H groups in total. The number of piperidine rings is 1. The summed E-state index contributed by atoms with van der Waals surface area (Å²) in [4.78, 5) is 6.04. The van der Waals surface area contributed by atoms with Crippen molar-refractivity contribution in [1.29, 1.82) is 0 Å². The first-order chi connectivity index (χ1) is 16.2. The molecule has 34 heavy (non-hydrogen) atoms. The fourth-order valence-corrected chi connectivity index (χ4v) is 8.20. The molecule has 0 bridgehead atoms. The largest absolute Gasteiger partial charge is 0.493 e. The lowest BCUT2D eigenvalue weighted by atomic mass is 10.0. The molecule has 1 saturated heterocycles. The number of halogens is 1. The number of methoxy groups -OCH3 is 3. The summed E-state index contributed by atoms with van der Waals surface area (Å²) in [5.74, 6) is 1.66. The Morgan fingerprint density at radius 1 is 1.09 bits per heavy atom. The summed E-state index contributed by atoms with van der Waals surface area (Å²) in [6.45, 7) is 3.00. The Kier molecular flexibility index (Phi) is 7.17. The van der Waals surface area contributed by atoms with Gasteiger partial charge < -0.3 is 19.1 Å². The van der Waals surface area contributed by atoms with E-state index < -0.39 is 25.2 Å². The standard InChI is InChI=1S/C24H29ClN2O5S2/c1-24(25)10-6-5-7-21(24)34(28,29)17-8-11-27(12-9-17)23-26-18(15-33-23)16-13-19(30-2)22(32-4)20(14-16)31-3/h5-7,10,13-15,17,21H,8-9,11-12H2,1-4H3. The number of aromatic nitrogens is 1. The summed E-state index contributed by atoms with van der Waals surface area (Å²) in [6.07, 6.45) is 8.12. The molecule has 2 aliphatic rings. The van der Waals surface area contributed by atoms with E-state index >= 15 is 0 Å². The minimum absolute atomic E-state index is 0.419. The Labute approximate surface area is 209 Å². The third kappa shape index (κ3) is 4.65. The van der Waals surface area contributed by atoms with Crippen LogP contribution < -0.4 is 19.1 Å². The van der Waals surface area contributed by atoms with Crippen LogP contribution in [-0.4, -0.2) is 63.2 Å². The van der Waals surface area contributed by atoms with Gasteiger partial charge in [-0.15, -0.1) is 22.9 Å². The van der Waals surface area contributed by atoms with E-state index in [2.05, 4.69) is 4.90 Å². The van der Waals surface area contributed by atoms with Gasteiger partial charge in [0.05, 0.1) is 37.1 Å². The van der Waals surface area contributed by atoms with E-state index in [9.17, 15) is 8.42 Å². The molecule has 0 spiro atoms. The van der Waals surface area contributed by atoms with Crippen LogP contribution in [0.5, 0.6) is 17.2 Å². The number of nitrogens with zero attached hydrogens (tertiary/aromatic N) is 2. The third-order valence-electron chi connectivity index (χ3n) is 6.36. The summed E-state index contributed by atoms with van der Waals surface area (Å²) in [6, 6.07) is 3.74. The van der Waals surface area contributed by atoms with Crippen molar-refractivity contribution in [3.8, 4) is 28.5 Å². The first-order valence-corrected chi connectivity index (χ1v) is 13.9. The Balaban J connectivity index is 1.49. The molecule has 1 aromatic carbocycles. The van der Waals surface area contributed by atoms with Gasteiger partial charge in [0.1, 0.15) is 5.25 Å². The number of hydrogen-bond donors (Lipinski definition) is 0. The van der Waals surface area contributed by atoms with Crippen molar-refractivity contribution in [2.24, 2.45) is 0 Å². The molecular weight excluding hydrogens is 496 g/mol. The SMILES string of the molecule is COc1cc(-c2csc(N3CCC(S(=O)(=O)C4C=CC=CC4(C)Cl)CC3)n2)cc(OC)c1OC. The van der Waals surface area contributed by atoms with Crippen LogP contribution in [0, 0.1) is 0 Å². The highest BCUT2D eigenvalue weighted by atomic mass is 35.5. The Hall–Kier alpha value is -2.23. The zero-order valence-corrected chi connectivity index (χ0v) is 22.0. The van der Waals surface area contributed by atoms with Gasteiger partial charge in [-0.3, -0.25) is 0 Å². The van der Waals surface area contributed by atoms with Crippen molar-refractivity contribution in [2.75, 3.05) is 39.3 Å². The van der Waals surface area contributed by atoms with Gasteiger partial charge in [0.15, 0.2) is 26.5 Å². The molecule has 7 nitrogen and oxygen atoms in total. The fraction of sp³-hybridized carbons (Fsp3) is 0.458. The number of allylic oxidation sites excluding steroid dienone is 3. The van der Waals surface area contributed by atoms with Crippen molar-refractivity contribution < 1.29 is 22.6 Å². The van der Waals surface area contributed by atoms with Crippen LogP contribution in [0.25, 0.3) is 11.3 Å². The number of thiazole rings is 1. The average molecular weight is 525 g/mol. The number of sulfone groups is 1. The molecule has 0 radical (unpaired) electrons. The first kappa shape index (κ1) is 24.9. The van der Waals surface area contributed by atoms with Crippen LogP contribution >= 0.6 is 22.9 Å². The van der Waals surface area contributed by atoms with Gasteiger partial charge in [-0.2, -0.15) is 0 Å². The molecule has 184 valence electrons. The lowest BCUT2D eigenvalue weighted by Gasteiger charge is -2.36. The zero-order valence-electron chi connectivity index (χ0n) is 19.7. The number of hydrogen-bond acceptors (Lipinski definition) is 8. The Morgan fingerprint density at radius 3 is 2.29 bits per heavy atom. The van der Waals surface area contributed by atoms with E-state index in [1.807, 2.05) is 17.5 Å². The van der Waals surface area contributed by atoms with Gasteiger partial charge in [0, 0.05) is 24.0 Å². The molecular formula is C24H29ClN2O5S2. The summed E-state index contributed by atoms with van der Waals surface area (Å²) in [5.41, 5.74) is 1.65. The van der Waals surface area contributed by atoms with Crippen LogP contribution in [-0.2, 0) is 9.84 Å². The second kappa shape index (κ2) is 9.79. The highest BCUT2D eigenvalue weighted by Crippen LogP contribution is 2.42. The van der Waals surface area contributed by atoms with Gasteiger partial charge in [-0.25, -0.2) is 13.4 Å². The molecule has 1 fully saturated rings. The average Bonchev–Trinajstić information content (AvgIpc) is 3.33. The van der Waals surface area contributed by atoms with Crippen molar-refractivity contribution >= 4 is 37.9 Å². The molecule has 2 aromatic rings. The van der Waals surface area contributed by atoms with Crippen LogP contribution in [0.1, 0.15) is 19.8 Å². The van der Waals surface area contributed by atoms with E-state index in [1.54, 1.807) is 52.6 Å². The zero-order chi connectivity index (χ0) is 24.5. The maximum atomic E-state index is 13.3. The maximum absolute atomic E-state index is 13.3. The number of anilines is 1. The molecule has 4 rings (SSSR count). The summed E-state index contributed by atoms with van der Waals surface area (Å²) >= 11 is 8.06. The highest BCUT2D eigenvalue weighted by Gasteiger charge is 2.44. The molecule has 1 aromatic heterocycles. The summed E-state index contributed by atoms with van der Waals surface area (Å²) in [7, 11) is 1.32. The minimum atomic E-state index is -3.41. The minimum Gasteiger partial charge on any atom is -0.493 e. The molecule has 0 saturated carbocycles. The van der Waals surface area contributed by atoms with Crippen LogP contribution in [0.4, 0.5) is 5.13 Å². The number of benzene rings is 1. The van der Waals surface area contributed by atoms with E-state index in [0.29, 0.717) is 43.2 Å². The first-order valence-electron chi connectivity index (χ1n) is 11.0. The van der Waals surface area contributed by atoms with E-state index in [-0.39, 0.29) is 0 Å². The van der Waals surface area contributed by atoms with Gasteiger partial charge in [0.25, 0.3) is 0 Å². The number of rotatable bonds is 7. The highest BCUT2D eigenvalue weighted by molar-refractivity contribution is 7.93. The Bertz CT molecular complexity index is 1170. The predicted octanol–water partition coefficient (Wildman–Crippen LogP) is 4.71. The van der Waals surface area contributed by atoms with Crippen molar-refractivity contribution in [3.05, 3.63) is 41.8 Å². The predicted molar refractivity (Wildman–Crippen MR) is 138 cm³/mol. The molecule has 2 atom stereocenters. The van der Waals surface area contributed by atoms with E-state index in [0.717, 1.165) is 16.4 Å². The topological polar surface area (TPSA) is 78.0 Å². The normalized spacial score (nSPS) is 23.2. The van der Waals surface area contributed by atoms with Crippen molar-refractivity contribution in [1.82, 2.24) is 4.98 Å². The summed E-state index contributed by atoms with van der Waals surface area (Å²) in [5, 5.41) is 1.71. The van der Waals surface area contributed by atoms with Crippen LogP contribution in [0.15, 0.2) is 41.8 Å². The Morgan fingerprint density at radius 2 is 1.74 bits per heavy atom. The van der Waals surface area contributed by atoms with Crippen molar-refractivity contribution in [2.45, 2.75) is 35.1 Å². The second-order valence-electron chi connectivity index (χ2n) is 8.52. The molecule has 1 aliphatic carbocycles. The summed E-state index contributed by atoms with van der Waals surface area (Å²) < 4.78 is 43.0. The van der Waals surface area contributed by atoms with Gasteiger partial charge in [-0.05, 0) is 31.9 Å². The van der Waals surface area contributed by atoms with Gasteiger partial charge in [0.2, 0.25) is 5.75 Å². The van der Waals surface area contributed by atoms with Gasteiger partial charge >= 0.3 is 0 Å². The van der Waals surface area contributed by atoms with Crippen LogP contribution in [0.2, 0.25) is 0 Å². The third-order valence-corrected chi connectivity index (χ3v) is 10.5. The lowest BCUT2D eigenvalue weighted by Crippen LogP contribution is -2.47.